The van der Waals surface area contributed by atoms with Gasteiger partial charge < -0.3 is 20.5 Å². The Labute approximate surface area is 152 Å². The molecule has 0 aromatic carbocycles. The molecule has 3 rings (SSSR count). The molecule has 3 aliphatic rings. The summed E-state index contributed by atoms with van der Waals surface area (Å²) in [6.45, 7) is 2.73. The summed E-state index contributed by atoms with van der Waals surface area (Å²) in [7, 11) is 1.25. The van der Waals surface area contributed by atoms with Crippen molar-refractivity contribution >= 4 is 11.9 Å². The minimum absolute atomic E-state index is 0.0564. The lowest BCUT2D eigenvalue weighted by Crippen LogP contribution is -2.63. The Kier molecular flexibility index (Phi) is 6.41. The first kappa shape index (κ1) is 19.4. The third-order valence-corrected chi connectivity index (χ3v) is 5.51. The molecule has 1 saturated carbocycles. The first-order valence-corrected chi connectivity index (χ1v) is 9.15. The quantitative estimate of drug-likeness (QED) is 0.367. The molecule has 0 aromatic rings. The largest absolute Gasteiger partial charge is 0.469 e. The van der Waals surface area contributed by atoms with Gasteiger partial charge in [0.25, 0.3) is 0 Å². The van der Waals surface area contributed by atoms with Gasteiger partial charge >= 0.3 is 5.97 Å². The van der Waals surface area contributed by atoms with Gasteiger partial charge in [0.1, 0.15) is 12.2 Å². The molecule has 3 fully saturated rings. The van der Waals surface area contributed by atoms with Crippen molar-refractivity contribution in [1.29, 1.82) is 0 Å². The van der Waals surface area contributed by atoms with Crippen LogP contribution in [-0.4, -0.2) is 79.3 Å². The van der Waals surface area contributed by atoms with Gasteiger partial charge in [-0.1, -0.05) is 0 Å². The Morgan fingerprint density at radius 3 is 2.69 bits per heavy atom. The Morgan fingerprint density at radius 2 is 2.08 bits per heavy atom. The van der Waals surface area contributed by atoms with Crippen molar-refractivity contribution in [3.05, 3.63) is 0 Å². The van der Waals surface area contributed by atoms with Crippen LogP contribution in [0, 0.1) is 5.92 Å². The molecule has 26 heavy (non-hydrogen) atoms. The van der Waals surface area contributed by atoms with E-state index in [1.54, 1.807) is 0 Å². The summed E-state index contributed by atoms with van der Waals surface area (Å²) in [5, 5.41) is 15.7. The molecule has 0 bridgehead atoms. The summed E-state index contributed by atoms with van der Waals surface area (Å²) in [6, 6.07) is -1.14. The van der Waals surface area contributed by atoms with Crippen molar-refractivity contribution < 1.29 is 23.8 Å². The topological polar surface area (TPSA) is 115 Å². The predicted octanol–water partition coefficient (Wildman–Crippen LogP) is -1.80. The third kappa shape index (κ3) is 4.32. The average molecular weight is 373 g/mol. The second-order valence-electron chi connectivity index (χ2n) is 7.20. The van der Waals surface area contributed by atoms with Gasteiger partial charge in [-0.15, -0.1) is 0 Å². The number of hydrazine groups is 1. The van der Waals surface area contributed by atoms with E-state index in [4.69, 9.17) is 4.74 Å². The Balaban J connectivity index is 1.53. The fourth-order valence-electron chi connectivity index (χ4n) is 3.92. The number of rotatable bonds is 4. The standard InChI is InChI=1S/C16H28FN5O4/c1-26-16(25)9-6-13(23)10(17)7-12(9)19-15(24)11-2-3-14(21-20-11)22-5-4-18-8-22/h9-14,18,20-21,23H,2-8H2,1H3,(H,19,24). The number of amides is 1. The van der Waals surface area contributed by atoms with Crippen molar-refractivity contribution in [2.75, 3.05) is 26.9 Å². The molecule has 2 aliphatic heterocycles. The average Bonchev–Trinajstić information content (AvgIpc) is 3.18. The van der Waals surface area contributed by atoms with Crippen LogP contribution in [0.2, 0.25) is 0 Å². The molecule has 6 unspecified atom stereocenters. The van der Waals surface area contributed by atoms with E-state index in [0.29, 0.717) is 6.42 Å². The first-order chi connectivity index (χ1) is 12.5. The highest BCUT2D eigenvalue weighted by atomic mass is 19.1. The number of halogens is 1. The molecule has 2 saturated heterocycles. The highest BCUT2D eigenvalue weighted by molar-refractivity contribution is 5.83. The number of nitrogens with zero attached hydrogens (tertiary/aromatic N) is 1. The summed E-state index contributed by atoms with van der Waals surface area (Å²) in [6.07, 6.45) is -1.23. The molecule has 148 valence electrons. The molecular formula is C16H28FN5O4. The minimum Gasteiger partial charge on any atom is -0.469 e. The maximum atomic E-state index is 13.9. The first-order valence-electron chi connectivity index (χ1n) is 9.15. The summed E-state index contributed by atoms with van der Waals surface area (Å²) in [5.74, 6) is -1.57. The lowest BCUT2D eigenvalue weighted by Gasteiger charge is -2.38. The van der Waals surface area contributed by atoms with Crippen LogP contribution < -0.4 is 21.5 Å². The zero-order chi connectivity index (χ0) is 18.7. The van der Waals surface area contributed by atoms with E-state index in [-0.39, 0.29) is 24.9 Å². The van der Waals surface area contributed by atoms with Crippen LogP contribution in [0.15, 0.2) is 0 Å². The predicted molar refractivity (Wildman–Crippen MR) is 90.2 cm³/mol. The van der Waals surface area contributed by atoms with Crippen LogP contribution in [0.25, 0.3) is 0 Å². The fourth-order valence-corrected chi connectivity index (χ4v) is 3.92. The molecule has 5 N–H and O–H groups in total. The molecule has 1 aliphatic carbocycles. The summed E-state index contributed by atoms with van der Waals surface area (Å²) in [4.78, 5) is 26.7. The lowest BCUT2D eigenvalue weighted by molar-refractivity contribution is -0.151. The third-order valence-electron chi connectivity index (χ3n) is 5.51. The van der Waals surface area contributed by atoms with E-state index in [9.17, 15) is 19.1 Å². The molecule has 0 spiro atoms. The second-order valence-corrected chi connectivity index (χ2v) is 7.20. The van der Waals surface area contributed by atoms with E-state index in [0.717, 1.165) is 26.2 Å². The highest BCUT2D eigenvalue weighted by Gasteiger charge is 2.42. The number of aliphatic hydroxyl groups excluding tert-OH is 1. The SMILES string of the molecule is COC(=O)C1CC(O)C(F)CC1NC(=O)C1CCC(N2CCNC2)NN1. The number of ether oxygens (including phenoxy) is 1. The summed E-state index contributed by atoms with van der Waals surface area (Å²) in [5.41, 5.74) is 6.18. The molecule has 2 heterocycles. The second kappa shape index (κ2) is 8.57. The van der Waals surface area contributed by atoms with Crippen LogP contribution in [0.3, 0.4) is 0 Å². The van der Waals surface area contributed by atoms with Gasteiger partial charge in [0.15, 0.2) is 0 Å². The number of esters is 1. The molecule has 0 radical (unpaired) electrons. The smallest absolute Gasteiger partial charge is 0.310 e. The van der Waals surface area contributed by atoms with E-state index in [1.165, 1.54) is 7.11 Å². The molecule has 9 nitrogen and oxygen atoms in total. The Hall–Kier alpha value is -1.33. The number of carbonyl (C=O) groups excluding carboxylic acids is 2. The fraction of sp³-hybridized carbons (Fsp3) is 0.875. The van der Waals surface area contributed by atoms with Crippen LogP contribution in [0.1, 0.15) is 25.7 Å². The molecular weight excluding hydrogens is 345 g/mol. The van der Waals surface area contributed by atoms with Crippen LogP contribution in [-0.2, 0) is 14.3 Å². The van der Waals surface area contributed by atoms with Crippen molar-refractivity contribution in [1.82, 2.24) is 26.4 Å². The number of nitrogens with one attached hydrogen (secondary N) is 4. The summed E-state index contributed by atoms with van der Waals surface area (Å²) >= 11 is 0. The molecule has 0 aromatic heterocycles. The minimum atomic E-state index is -1.47. The van der Waals surface area contributed by atoms with Gasteiger partial charge in [0, 0.05) is 32.2 Å². The zero-order valence-electron chi connectivity index (χ0n) is 14.9. The Bertz CT molecular complexity index is 511. The normalized spacial score (nSPS) is 38.7. The number of alkyl halides is 1. The maximum Gasteiger partial charge on any atom is 0.310 e. The number of carbonyl (C=O) groups is 2. The lowest BCUT2D eigenvalue weighted by atomic mass is 9.81. The zero-order valence-corrected chi connectivity index (χ0v) is 14.9. The van der Waals surface area contributed by atoms with Crippen molar-refractivity contribution in [3.63, 3.8) is 0 Å². The van der Waals surface area contributed by atoms with Crippen LogP contribution in [0.5, 0.6) is 0 Å². The monoisotopic (exact) mass is 373 g/mol. The van der Waals surface area contributed by atoms with Crippen molar-refractivity contribution in [2.45, 2.75) is 56.2 Å². The Morgan fingerprint density at radius 1 is 1.27 bits per heavy atom. The number of hydrogen-bond acceptors (Lipinski definition) is 8. The van der Waals surface area contributed by atoms with Gasteiger partial charge in [-0.05, 0) is 19.3 Å². The molecule has 1 amide bonds. The van der Waals surface area contributed by atoms with Crippen LogP contribution in [0.4, 0.5) is 4.39 Å². The van der Waals surface area contributed by atoms with Crippen molar-refractivity contribution in [2.24, 2.45) is 5.92 Å². The summed E-state index contributed by atoms with van der Waals surface area (Å²) < 4.78 is 18.6. The van der Waals surface area contributed by atoms with E-state index >= 15 is 0 Å². The van der Waals surface area contributed by atoms with Gasteiger partial charge in [-0.2, -0.15) is 0 Å². The van der Waals surface area contributed by atoms with E-state index in [2.05, 4.69) is 26.4 Å². The van der Waals surface area contributed by atoms with Gasteiger partial charge in [0.05, 0.1) is 25.3 Å². The number of aliphatic hydroxyl groups is 1. The van der Waals surface area contributed by atoms with Gasteiger partial charge in [-0.3, -0.25) is 14.5 Å². The highest BCUT2D eigenvalue weighted by Crippen LogP contribution is 2.28. The van der Waals surface area contributed by atoms with Crippen LogP contribution >= 0.6 is 0 Å². The van der Waals surface area contributed by atoms with Crippen molar-refractivity contribution in [3.8, 4) is 0 Å². The van der Waals surface area contributed by atoms with E-state index < -0.39 is 36.2 Å². The molecule has 6 atom stereocenters. The molecule has 10 heteroatoms. The maximum absolute atomic E-state index is 13.9. The van der Waals surface area contributed by atoms with Gasteiger partial charge in [-0.25, -0.2) is 15.2 Å². The number of methoxy groups -OCH3 is 1. The van der Waals surface area contributed by atoms with Gasteiger partial charge in [0.2, 0.25) is 5.91 Å². The number of hydrogen-bond donors (Lipinski definition) is 5. The van der Waals surface area contributed by atoms with E-state index in [1.807, 2.05) is 0 Å².